The molecule has 1 heterocycles. The van der Waals surface area contributed by atoms with Gasteiger partial charge in [0, 0.05) is 0 Å². The van der Waals surface area contributed by atoms with Gasteiger partial charge in [-0.15, -0.1) is 0 Å². The maximum Gasteiger partial charge on any atom is 0.389 e. The molecule has 1 N–H and O–H groups in total. The summed E-state index contributed by atoms with van der Waals surface area (Å²) >= 11 is 0. The van der Waals surface area contributed by atoms with Crippen molar-refractivity contribution in [3.63, 3.8) is 0 Å². The van der Waals surface area contributed by atoms with Crippen molar-refractivity contribution in [3.05, 3.63) is 22.4 Å². The molecule has 2 rings (SSSR count). The number of rotatable bonds is 2. The summed E-state index contributed by atoms with van der Waals surface area (Å²) in [4.78, 5) is 9.77. The summed E-state index contributed by atoms with van der Waals surface area (Å²) in [5.74, 6) is -0.138. The Morgan fingerprint density at radius 3 is 2.85 bits per heavy atom. The Kier molecular flexibility index (Phi) is 1.77. The van der Waals surface area contributed by atoms with Crippen molar-refractivity contribution >= 4 is 5.82 Å². The molecule has 0 atom stereocenters. The van der Waals surface area contributed by atoms with Crippen LogP contribution in [0.25, 0.3) is 0 Å². The lowest BCUT2D eigenvalue weighted by atomic mass is 9.90. The maximum atomic E-state index is 10.3. The van der Waals surface area contributed by atoms with Crippen LogP contribution in [-0.4, -0.2) is 25.9 Å². The molecule has 6 heteroatoms. The quantitative estimate of drug-likeness (QED) is 0.534. The van der Waals surface area contributed by atoms with Crippen molar-refractivity contribution in [1.29, 1.82) is 0 Å². The van der Waals surface area contributed by atoms with Gasteiger partial charge in [-0.3, -0.25) is 0 Å². The molecule has 1 aliphatic carbocycles. The molecule has 0 unspecified atom stereocenters. The van der Waals surface area contributed by atoms with Crippen molar-refractivity contribution in [2.75, 3.05) is 0 Å². The van der Waals surface area contributed by atoms with Gasteiger partial charge in [0.2, 0.25) is 0 Å². The lowest BCUT2D eigenvalue weighted by Gasteiger charge is -2.29. The Balaban J connectivity index is 2.10. The minimum Gasteiger partial charge on any atom is -0.393 e. The molecule has 1 fully saturated rings. The van der Waals surface area contributed by atoms with E-state index >= 15 is 0 Å². The summed E-state index contributed by atoms with van der Waals surface area (Å²) < 4.78 is 1.55. The number of nitrogens with zero attached hydrogens (tertiary/aromatic N) is 3. The lowest BCUT2D eigenvalue weighted by Crippen LogP contribution is -2.31. The van der Waals surface area contributed by atoms with E-state index in [1.165, 1.54) is 6.07 Å². The van der Waals surface area contributed by atoms with Crippen molar-refractivity contribution < 1.29 is 10.0 Å². The van der Waals surface area contributed by atoms with Gasteiger partial charge in [-0.05, 0) is 17.8 Å². The SMILES string of the molecule is O=[N+]([O-])c1ccn(C2CC(O)C2)n1. The first-order valence-electron chi connectivity index (χ1n) is 4.04. The summed E-state index contributed by atoms with van der Waals surface area (Å²) in [6, 6.07) is 1.49. The van der Waals surface area contributed by atoms with Crippen LogP contribution < -0.4 is 0 Å². The molecule has 1 aromatic rings. The summed E-state index contributed by atoms with van der Waals surface area (Å²) in [5.41, 5.74) is 0. The van der Waals surface area contributed by atoms with Crippen molar-refractivity contribution in [3.8, 4) is 0 Å². The number of aromatic nitrogens is 2. The van der Waals surface area contributed by atoms with E-state index in [0.29, 0.717) is 12.8 Å². The van der Waals surface area contributed by atoms with Crippen molar-refractivity contribution in [2.45, 2.75) is 25.0 Å². The second kappa shape index (κ2) is 2.81. The van der Waals surface area contributed by atoms with E-state index in [-0.39, 0.29) is 18.0 Å². The number of aliphatic hydroxyl groups is 1. The third-order valence-corrected chi connectivity index (χ3v) is 2.24. The van der Waals surface area contributed by atoms with E-state index in [4.69, 9.17) is 5.11 Å². The number of aliphatic hydroxyl groups excluding tert-OH is 1. The Hall–Kier alpha value is -1.43. The van der Waals surface area contributed by atoms with Crippen LogP contribution in [0.4, 0.5) is 5.82 Å². The molecule has 0 radical (unpaired) electrons. The zero-order chi connectivity index (χ0) is 9.42. The fourth-order valence-corrected chi connectivity index (χ4v) is 1.40. The predicted molar refractivity (Wildman–Crippen MR) is 43.2 cm³/mol. The van der Waals surface area contributed by atoms with Gasteiger partial charge in [0.25, 0.3) is 0 Å². The van der Waals surface area contributed by atoms with Gasteiger partial charge in [-0.25, -0.2) is 0 Å². The monoisotopic (exact) mass is 183 g/mol. The van der Waals surface area contributed by atoms with Crippen LogP contribution in [0.1, 0.15) is 18.9 Å². The van der Waals surface area contributed by atoms with Crippen molar-refractivity contribution in [1.82, 2.24) is 9.78 Å². The molecule has 1 aromatic heterocycles. The standard InChI is InChI=1S/C7H9N3O3/c11-6-3-5(4-6)9-2-1-7(8-9)10(12)13/h1-2,5-6,11H,3-4H2. The Labute approximate surface area is 73.9 Å². The first-order valence-corrected chi connectivity index (χ1v) is 4.04. The molecule has 1 aliphatic rings. The van der Waals surface area contributed by atoms with Crippen LogP contribution in [0, 0.1) is 10.1 Å². The van der Waals surface area contributed by atoms with Gasteiger partial charge in [0.05, 0.1) is 29.5 Å². The second-order valence-electron chi connectivity index (χ2n) is 3.19. The van der Waals surface area contributed by atoms with E-state index in [9.17, 15) is 10.1 Å². The molecule has 0 bridgehead atoms. The largest absolute Gasteiger partial charge is 0.393 e. The zero-order valence-electron chi connectivity index (χ0n) is 6.83. The van der Waals surface area contributed by atoms with Crippen molar-refractivity contribution in [2.24, 2.45) is 0 Å². The predicted octanol–water partition coefficient (Wildman–Crippen LogP) is 0.487. The molecule has 13 heavy (non-hydrogen) atoms. The van der Waals surface area contributed by atoms with Gasteiger partial charge in [0.1, 0.15) is 0 Å². The van der Waals surface area contributed by atoms with Crippen LogP contribution in [0.2, 0.25) is 0 Å². The van der Waals surface area contributed by atoms with E-state index < -0.39 is 4.92 Å². The minimum absolute atomic E-state index is 0.128. The third kappa shape index (κ3) is 1.40. The minimum atomic E-state index is -0.522. The summed E-state index contributed by atoms with van der Waals surface area (Å²) in [7, 11) is 0. The Morgan fingerprint density at radius 1 is 1.69 bits per heavy atom. The normalized spacial score (nSPS) is 26.8. The van der Waals surface area contributed by atoms with Gasteiger partial charge < -0.3 is 15.2 Å². The van der Waals surface area contributed by atoms with Crippen LogP contribution in [0.5, 0.6) is 0 Å². The fraction of sp³-hybridized carbons (Fsp3) is 0.571. The highest BCUT2D eigenvalue weighted by Crippen LogP contribution is 2.31. The van der Waals surface area contributed by atoms with Crippen LogP contribution >= 0.6 is 0 Å². The van der Waals surface area contributed by atoms with Crippen LogP contribution in [0.15, 0.2) is 12.3 Å². The van der Waals surface area contributed by atoms with Crippen LogP contribution in [-0.2, 0) is 0 Å². The van der Waals surface area contributed by atoms with E-state index in [1.54, 1.807) is 10.9 Å². The number of nitro groups is 1. The van der Waals surface area contributed by atoms with E-state index in [0.717, 1.165) is 0 Å². The molecule has 1 saturated carbocycles. The van der Waals surface area contributed by atoms with Crippen LogP contribution in [0.3, 0.4) is 0 Å². The molecular weight excluding hydrogens is 174 g/mol. The molecule has 70 valence electrons. The highest BCUT2D eigenvalue weighted by atomic mass is 16.6. The molecule has 6 nitrogen and oxygen atoms in total. The summed E-state index contributed by atoms with van der Waals surface area (Å²) in [5, 5.41) is 23.1. The van der Waals surface area contributed by atoms with E-state index in [1.807, 2.05) is 0 Å². The molecule has 0 aliphatic heterocycles. The van der Waals surface area contributed by atoms with Gasteiger partial charge >= 0.3 is 5.82 Å². The number of hydrogen-bond donors (Lipinski definition) is 1. The smallest absolute Gasteiger partial charge is 0.389 e. The van der Waals surface area contributed by atoms with E-state index in [2.05, 4.69) is 5.10 Å². The van der Waals surface area contributed by atoms with Gasteiger partial charge in [0.15, 0.2) is 0 Å². The molecule has 0 saturated heterocycles. The average molecular weight is 183 g/mol. The first-order chi connectivity index (χ1) is 6.16. The maximum absolute atomic E-state index is 10.3. The Bertz CT molecular complexity index is 329. The third-order valence-electron chi connectivity index (χ3n) is 2.24. The molecule has 0 spiro atoms. The average Bonchev–Trinajstić information content (AvgIpc) is 2.46. The first kappa shape index (κ1) is 8.18. The van der Waals surface area contributed by atoms with Gasteiger partial charge in [-0.2, -0.15) is 4.68 Å². The summed E-state index contributed by atoms with van der Waals surface area (Å²) in [6.07, 6.45) is 2.58. The molecular formula is C7H9N3O3. The topological polar surface area (TPSA) is 81.2 Å². The lowest BCUT2D eigenvalue weighted by molar-refractivity contribution is -0.389. The Morgan fingerprint density at radius 2 is 2.38 bits per heavy atom. The highest BCUT2D eigenvalue weighted by molar-refractivity contribution is 5.14. The molecule has 0 aromatic carbocycles. The summed E-state index contributed by atoms with van der Waals surface area (Å²) in [6.45, 7) is 0. The second-order valence-corrected chi connectivity index (χ2v) is 3.19. The fourth-order valence-electron chi connectivity index (χ4n) is 1.40. The van der Waals surface area contributed by atoms with Gasteiger partial charge in [-0.1, -0.05) is 0 Å². The molecule has 0 amide bonds. The highest BCUT2D eigenvalue weighted by Gasteiger charge is 2.31. The number of hydrogen-bond acceptors (Lipinski definition) is 4. The zero-order valence-corrected chi connectivity index (χ0v) is 6.83.